The van der Waals surface area contributed by atoms with Gasteiger partial charge in [0.2, 0.25) is 0 Å². The molecule has 1 fully saturated rings. The minimum absolute atomic E-state index is 0.201. The summed E-state index contributed by atoms with van der Waals surface area (Å²) in [6.07, 6.45) is 5.48. The number of fused-ring (bicyclic) bond motifs is 2. The molecule has 108 valence electrons. The molecule has 1 spiro atoms. The van der Waals surface area contributed by atoms with Crippen molar-refractivity contribution < 1.29 is 9.47 Å². The molecule has 0 saturated carbocycles. The van der Waals surface area contributed by atoms with Gasteiger partial charge in [0.15, 0.2) is 0 Å². The first kappa shape index (κ1) is 13.7. The molecule has 0 aromatic heterocycles. The molecule has 1 aromatic rings. The molecule has 0 radical (unpaired) electrons. The van der Waals surface area contributed by atoms with Crippen molar-refractivity contribution in [1.29, 1.82) is 0 Å². The first-order valence-electron chi connectivity index (χ1n) is 7.41. The highest BCUT2D eigenvalue weighted by atomic mass is 16.5. The van der Waals surface area contributed by atoms with E-state index in [4.69, 9.17) is 9.47 Å². The monoisotopic (exact) mass is 273 g/mol. The number of rotatable bonds is 4. The fourth-order valence-corrected chi connectivity index (χ4v) is 3.69. The number of hydrogen-bond donors (Lipinski definition) is 1. The van der Waals surface area contributed by atoms with Gasteiger partial charge in [-0.15, -0.1) is 6.58 Å². The summed E-state index contributed by atoms with van der Waals surface area (Å²) in [4.78, 5) is 0. The van der Waals surface area contributed by atoms with E-state index in [-0.39, 0.29) is 11.5 Å². The predicted molar refractivity (Wildman–Crippen MR) is 80.3 cm³/mol. The number of ether oxygens (including phenoxy) is 2. The molecule has 2 aliphatic rings. The van der Waals surface area contributed by atoms with Gasteiger partial charge in [-0.1, -0.05) is 12.1 Å². The van der Waals surface area contributed by atoms with Crippen LogP contribution in [0.4, 0.5) is 0 Å². The van der Waals surface area contributed by atoms with E-state index < -0.39 is 0 Å². The normalized spacial score (nSPS) is 23.6. The van der Waals surface area contributed by atoms with Crippen LogP contribution in [0.15, 0.2) is 30.9 Å². The van der Waals surface area contributed by atoms with Crippen molar-refractivity contribution in [3.8, 4) is 5.75 Å². The Morgan fingerprint density at radius 1 is 1.40 bits per heavy atom. The topological polar surface area (TPSA) is 30.5 Å². The van der Waals surface area contributed by atoms with Crippen LogP contribution in [-0.4, -0.2) is 26.8 Å². The fraction of sp³-hybridized carbons (Fsp3) is 0.529. The zero-order chi connectivity index (χ0) is 14.0. The third kappa shape index (κ3) is 2.25. The second-order valence-corrected chi connectivity index (χ2v) is 5.80. The Bertz CT molecular complexity index is 492. The lowest BCUT2D eigenvalue weighted by molar-refractivity contribution is 0.0577. The number of methoxy groups -OCH3 is 1. The molecule has 1 aliphatic carbocycles. The molecule has 0 bridgehead atoms. The average molecular weight is 273 g/mol. The highest BCUT2D eigenvalue weighted by Gasteiger charge is 2.44. The minimum Gasteiger partial charge on any atom is -0.497 e. The van der Waals surface area contributed by atoms with Gasteiger partial charge in [0.1, 0.15) is 5.75 Å². The molecule has 1 aromatic carbocycles. The molecular weight excluding hydrogens is 250 g/mol. The van der Waals surface area contributed by atoms with E-state index in [0.29, 0.717) is 6.61 Å². The van der Waals surface area contributed by atoms with Crippen molar-refractivity contribution >= 4 is 0 Å². The summed E-state index contributed by atoms with van der Waals surface area (Å²) >= 11 is 0. The van der Waals surface area contributed by atoms with Crippen molar-refractivity contribution in [3.63, 3.8) is 0 Å². The summed E-state index contributed by atoms with van der Waals surface area (Å²) in [6, 6.07) is 6.44. The first-order valence-corrected chi connectivity index (χ1v) is 7.41. The summed E-state index contributed by atoms with van der Waals surface area (Å²) in [5, 5.41) is 3.47. The largest absolute Gasteiger partial charge is 0.497 e. The van der Waals surface area contributed by atoms with E-state index in [1.807, 2.05) is 12.1 Å². The molecule has 3 rings (SSSR count). The second-order valence-electron chi connectivity index (χ2n) is 5.80. The van der Waals surface area contributed by atoms with Crippen molar-refractivity contribution in [1.82, 2.24) is 5.32 Å². The zero-order valence-electron chi connectivity index (χ0n) is 12.2. The van der Waals surface area contributed by atoms with Gasteiger partial charge in [-0.25, -0.2) is 0 Å². The summed E-state index contributed by atoms with van der Waals surface area (Å²) in [5.74, 6) is 0.950. The average Bonchev–Trinajstić information content (AvgIpc) is 2.79. The Kier molecular flexibility index (Phi) is 3.81. The van der Waals surface area contributed by atoms with Crippen LogP contribution in [-0.2, 0) is 10.2 Å². The molecule has 3 heteroatoms. The zero-order valence-corrected chi connectivity index (χ0v) is 12.2. The predicted octanol–water partition coefficient (Wildman–Crippen LogP) is 2.96. The molecule has 1 heterocycles. The molecule has 20 heavy (non-hydrogen) atoms. The molecule has 3 nitrogen and oxygen atoms in total. The third-order valence-electron chi connectivity index (χ3n) is 4.73. The SMILES string of the molecule is C=CCO[C@H]1CC2(CCNCC2)c2cc(OC)ccc21. The lowest BCUT2D eigenvalue weighted by Gasteiger charge is -2.35. The molecule has 1 atom stereocenters. The number of benzene rings is 1. The minimum atomic E-state index is 0.201. The number of piperidine rings is 1. The summed E-state index contributed by atoms with van der Waals surface area (Å²) in [5.41, 5.74) is 3.04. The molecule has 1 aliphatic heterocycles. The van der Waals surface area contributed by atoms with Crippen LogP contribution in [0.3, 0.4) is 0 Å². The van der Waals surface area contributed by atoms with E-state index >= 15 is 0 Å². The standard InChI is InChI=1S/C17H23NO2/c1-3-10-20-16-12-17(6-8-18-9-7-17)15-11-13(19-2)4-5-14(15)16/h3-5,11,16,18H,1,6-10,12H2,2H3/t16-/m0/s1. The van der Waals surface area contributed by atoms with Gasteiger partial charge in [-0.2, -0.15) is 0 Å². The van der Waals surface area contributed by atoms with Gasteiger partial charge < -0.3 is 14.8 Å². The van der Waals surface area contributed by atoms with Crippen molar-refractivity contribution in [2.45, 2.75) is 30.8 Å². The van der Waals surface area contributed by atoms with Gasteiger partial charge in [-0.3, -0.25) is 0 Å². The van der Waals surface area contributed by atoms with Crippen LogP contribution in [0, 0.1) is 0 Å². The Morgan fingerprint density at radius 3 is 2.90 bits per heavy atom. The molecule has 1 saturated heterocycles. The second kappa shape index (κ2) is 5.58. The van der Waals surface area contributed by atoms with Crippen LogP contribution in [0.2, 0.25) is 0 Å². The van der Waals surface area contributed by atoms with Crippen molar-refractivity contribution in [2.24, 2.45) is 0 Å². The number of nitrogens with one attached hydrogen (secondary N) is 1. The molecule has 0 amide bonds. The quantitative estimate of drug-likeness (QED) is 0.856. The lowest BCUT2D eigenvalue weighted by atomic mass is 9.74. The summed E-state index contributed by atoms with van der Waals surface area (Å²) in [7, 11) is 1.73. The summed E-state index contributed by atoms with van der Waals surface area (Å²) < 4.78 is 11.4. The Balaban J connectivity index is 1.97. The van der Waals surface area contributed by atoms with Crippen LogP contribution >= 0.6 is 0 Å². The van der Waals surface area contributed by atoms with Crippen molar-refractivity contribution in [3.05, 3.63) is 42.0 Å². The van der Waals surface area contributed by atoms with Gasteiger partial charge in [0.05, 0.1) is 19.8 Å². The van der Waals surface area contributed by atoms with E-state index in [9.17, 15) is 0 Å². The third-order valence-corrected chi connectivity index (χ3v) is 4.73. The Labute approximate surface area is 121 Å². The smallest absolute Gasteiger partial charge is 0.119 e. The van der Waals surface area contributed by atoms with Crippen molar-refractivity contribution in [2.75, 3.05) is 26.8 Å². The molecule has 1 N–H and O–H groups in total. The van der Waals surface area contributed by atoms with Gasteiger partial charge in [0.25, 0.3) is 0 Å². The molecule has 0 unspecified atom stereocenters. The van der Waals surface area contributed by atoms with E-state index in [1.165, 1.54) is 24.0 Å². The maximum Gasteiger partial charge on any atom is 0.119 e. The first-order chi connectivity index (χ1) is 9.79. The van der Waals surface area contributed by atoms with Gasteiger partial charge in [0, 0.05) is 5.41 Å². The van der Waals surface area contributed by atoms with Gasteiger partial charge in [-0.05, 0) is 55.6 Å². The van der Waals surface area contributed by atoms with E-state index in [1.54, 1.807) is 7.11 Å². The maximum absolute atomic E-state index is 6.00. The summed E-state index contributed by atoms with van der Waals surface area (Å²) in [6.45, 7) is 6.55. The Morgan fingerprint density at radius 2 is 2.20 bits per heavy atom. The van der Waals surface area contributed by atoms with Crippen LogP contribution in [0.5, 0.6) is 5.75 Å². The van der Waals surface area contributed by atoms with E-state index in [0.717, 1.165) is 25.3 Å². The lowest BCUT2D eigenvalue weighted by Crippen LogP contribution is -2.38. The van der Waals surface area contributed by atoms with Gasteiger partial charge >= 0.3 is 0 Å². The van der Waals surface area contributed by atoms with Crippen LogP contribution in [0.1, 0.15) is 36.5 Å². The van der Waals surface area contributed by atoms with Crippen LogP contribution < -0.4 is 10.1 Å². The van der Waals surface area contributed by atoms with E-state index in [2.05, 4.69) is 24.0 Å². The highest BCUT2D eigenvalue weighted by molar-refractivity contribution is 5.46. The Hall–Kier alpha value is -1.32. The number of hydrogen-bond acceptors (Lipinski definition) is 3. The molecular formula is C17H23NO2. The maximum atomic E-state index is 6.00. The highest BCUT2D eigenvalue weighted by Crippen LogP contribution is 2.52. The fourth-order valence-electron chi connectivity index (χ4n) is 3.69. The van der Waals surface area contributed by atoms with Crippen LogP contribution in [0.25, 0.3) is 0 Å².